The molecule has 18 heavy (non-hydrogen) atoms. The van der Waals surface area contributed by atoms with Crippen molar-refractivity contribution >= 4 is 27.3 Å². The van der Waals surface area contributed by atoms with Crippen molar-refractivity contribution in [2.45, 2.75) is 31.7 Å². The number of nitrogens with two attached hydrogens (primary N) is 1. The maximum absolute atomic E-state index is 6.25. The first-order valence-corrected chi connectivity index (χ1v) is 7.70. The van der Waals surface area contributed by atoms with Gasteiger partial charge in [-0.05, 0) is 53.7 Å². The fourth-order valence-electron chi connectivity index (χ4n) is 2.20. The number of rotatable bonds is 2. The SMILES string of the molecule is NC(c1ccc(Br)cn1)c1nc2c(s1)CCCC2. The Morgan fingerprint density at radius 1 is 1.28 bits per heavy atom. The third-order valence-corrected chi connectivity index (χ3v) is 4.91. The van der Waals surface area contributed by atoms with Gasteiger partial charge in [-0.3, -0.25) is 4.98 Å². The maximum atomic E-state index is 6.25. The lowest BCUT2D eigenvalue weighted by Gasteiger charge is -2.07. The molecule has 0 saturated heterocycles. The smallest absolute Gasteiger partial charge is 0.116 e. The summed E-state index contributed by atoms with van der Waals surface area (Å²) in [5, 5.41) is 0.997. The minimum Gasteiger partial charge on any atom is -0.317 e. The van der Waals surface area contributed by atoms with E-state index < -0.39 is 0 Å². The number of pyridine rings is 1. The van der Waals surface area contributed by atoms with E-state index in [1.807, 2.05) is 12.1 Å². The summed E-state index contributed by atoms with van der Waals surface area (Å²) in [7, 11) is 0. The van der Waals surface area contributed by atoms with Crippen molar-refractivity contribution in [3.8, 4) is 0 Å². The average Bonchev–Trinajstić information content (AvgIpc) is 2.82. The lowest BCUT2D eigenvalue weighted by Crippen LogP contribution is -2.13. The fourth-order valence-corrected chi connectivity index (χ4v) is 3.61. The zero-order valence-electron chi connectivity index (χ0n) is 9.90. The third kappa shape index (κ3) is 2.35. The van der Waals surface area contributed by atoms with Crippen LogP contribution < -0.4 is 5.73 Å². The molecule has 0 radical (unpaired) electrons. The van der Waals surface area contributed by atoms with Gasteiger partial charge in [0.1, 0.15) is 5.01 Å². The molecule has 1 aliphatic carbocycles. The van der Waals surface area contributed by atoms with Crippen molar-refractivity contribution in [3.63, 3.8) is 0 Å². The number of aromatic nitrogens is 2. The Morgan fingerprint density at radius 3 is 2.83 bits per heavy atom. The Labute approximate surface area is 119 Å². The van der Waals surface area contributed by atoms with Gasteiger partial charge in [0.15, 0.2) is 0 Å². The molecule has 1 atom stereocenters. The van der Waals surface area contributed by atoms with Crippen LogP contribution >= 0.6 is 27.3 Å². The topological polar surface area (TPSA) is 51.8 Å². The van der Waals surface area contributed by atoms with Gasteiger partial charge in [0.2, 0.25) is 0 Å². The lowest BCUT2D eigenvalue weighted by atomic mass is 10.0. The van der Waals surface area contributed by atoms with Crippen LogP contribution in [0.15, 0.2) is 22.8 Å². The number of nitrogens with zero attached hydrogens (tertiary/aromatic N) is 2. The van der Waals surface area contributed by atoms with E-state index >= 15 is 0 Å². The van der Waals surface area contributed by atoms with Crippen molar-refractivity contribution in [2.24, 2.45) is 5.73 Å². The van der Waals surface area contributed by atoms with Crippen LogP contribution in [0.2, 0.25) is 0 Å². The van der Waals surface area contributed by atoms with E-state index in [0.29, 0.717) is 0 Å². The highest BCUT2D eigenvalue weighted by molar-refractivity contribution is 9.10. The molecule has 2 N–H and O–H groups in total. The molecule has 0 fully saturated rings. The third-order valence-electron chi connectivity index (χ3n) is 3.20. The number of hydrogen-bond acceptors (Lipinski definition) is 4. The zero-order chi connectivity index (χ0) is 12.5. The first kappa shape index (κ1) is 12.3. The van der Waals surface area contributed by atoms with Crippen molar-refractivity contribution in [2.75, 3.05) is 0 Å². The van der Waals surface area contributed by atoms with Crippen LogP contribution in [-0.2, 0) is 12.8 Å². The molecule has 1 aliphatic rings. The minimum atomic E-state index is -0.200. The molecule has 2 aromatic heterocycles. The summed E-state index contributed by atoms with van der Waals surface area (Å²) in [6.45, 7) is 0. The van der Waals surface area contributed by atoms with Crippen LogP contribution in [0.4, 0.5) is 0 Å². The predicted molar refractivity (Wildman–Crippen MR) is 76.7 cm³/mol. The Hall–Kier alpha value is -0.780. The van der Waals surface area contributed by atoms with Crippen LogP contribution in [0.25, 0.3) is 0 Å². The number of aryl methyl sites for hydroxylation is 2. The van der Waals surface area contributed by atoms with Crippen LogP contribution in [0.1, 0.15) is 40.2 Å². The molecule has 0 aliphatic heterocycles. The van der Waals surface area contributed by atoms with E-state index in [9.17, 15) is 0 Å². The highest BCUT2D eigenvalue weighted by Crippen LogP contribution is 2.31. The van der Waals surface area contributed by atoms with Crippen molar-refractivity contribution < 1.29 is 0 Å². The summed E-state index contributed by atoms with van der Waals surface area (Å²) >= 11 is 5.14. The molecule has 0 amide bonds. The number of fused-ring (bicyclic) bond motifs is 1. The molecule has 94 valence electrons. The first-order valence-electron chi connectivity index (χ1n) is 6.09. The van der Waals surface area contributed by atoms with Gasteiger partial charge in [-0.2, -0.15) is 0 Å². The molecule has 3 nitrogen and oxygen atoms in total. The molecular weight excluding hydrogens is 310 g/mol. The molecule has 3 rings (SSSR count). The van der Waals surface area contributed by atoms with E-state index in [1.165, 1.54) is 23.4 Å². The highest BCUT2D eigenvalue weighted by atomic mass is 79.9. The van der Waals surface area contributed by atoms with E-state index in [-0.39, 0.29) is 6.04 Å². The van der Waals surface area contributed by atoms with Crippen LogP contribution in [-0.4, -0.2) is 9.97 Å². The summed E-state index contributed by atoms with van der Waals surface area (Å²) < 4.78 is 0.969. The lowest BCUT2D eigenvalue weighted by molar-refractivity contribution is 0.678. The second-order valence-corrected chi connectivity index (χ2v) is 6.54. The molecule has 0 aromatic carbocycles. The van der Waals surface area contributed by atoms with Crippen molar-refractivity contribution in [1.29, 1.82) is 0 Å². The normalized spacial score (nSPS) is 16.3. The zero-order valence-corrected chi connectivity index (χ0v) is 12.3. The highest BCUT2D eigenvalue weighted by Gasteiger charge is 2.20. The standard InChI is InChI=1S/C13H14BrN3S/c14-8-5-6-10(16-7-8)12(15)13-17-9-3-1-2-4-11(9)18-13/h5-7,12H,1-4,15H2. The second kappa shape index (κ2) is 5.07. The van der Waals surface area contributed by atoms with Crippen LogP contribution in [0, 0.1) is 0 Å². The maximum Gasteiger partial charge on any atom is 0.116 e. The Kier molecular flexibility index (Phi) is 3.46. The summed E-state index contributed by atoms with van der Waals surface area (Å²) in [4.78, 5) is 10.5. The van der Waals surface area contributed by atoms with Crippen molar-refractivity contribution in [3.05, 3.63) is 44.1 Å². The largest absolute Gasteiger partial charge is 0.317 e. The van der Waals surface area contributed by atoms with Crippen LogP contribution in [0.3, 0.4) is 0 Å². The van der Waals surface area contributed by atoms with Gasteiger partial charge in [0.25, 0.3) is 0 Å². The van der Waals surface area contributed by atoms with Gasteiger partial charge < -0.3 is 5.73 Å². The molecule has 0 bridgehead atoms. The monoisotopic (exact) mass is 323 g/mol. The van der Waals surface area contributed by atoms with Gasteiger partial charge in [-0.25, -0.2) is 4.98 Å². The van der Waals surface area contributed by atoms with Gasteiger partial charge in [-0.15, -0.1) is 11.3 Å². The quantitative estimate of drug-likeness (QED) is 0.923. The predicted octanol–water partition coefficient (Wildman–Crippen LogP) is 3.23. The molecule has 5 heteroatoms. The first-order chi connectivity index (χ1) is 8.74. The van der Waals surface area contributed by atoms with Crippen LogP contribution in [0.5, 0.6) is 0 Å². The Balaban J connectivity index is 1.89. The van der Waals surface area contributed by atoms with E-state index in [1.54, 1.807) is 17.5 Å². The Morgan fingerprint density at radius 2 is 2.11 bits per heavy atom. The second-order valence-electron chi connectivity index (χ2n) is 4.51. The Bertz CT molecular complexity index is 526. The van der Waals surface area contributed by atoms with E-state index in [0.717, 1.165) is 28.0 Å². The summed E-state index contributed by atoms with van der Waals surface area (Å²) in [5.74, 6) is 0. The van der Waals surface area contributed by atoms with Crippen molar-refractivity contribution in [1.82, 2.24) is 9.97 Å². The number of halogens is 1. The fraction of sp³-hybridized carbons (Fsp3) is 0.385. The molecule has 1 unspecified atom stereocenters. The molecule has 0 saturated carbocycles. The molecule has 0 spiro atoms. The molecule has 2 heterocycles. The molecule has 2 aromatic rings. The number of hydrogen-bond donors (Lipinski definition) is 1. The summed E-state index contributed by atoms with van der Waals surface area (Å²) in [6.07, 6.45) is 6.57. The summed E-state index contributed by atoms with van der Waals surface area (Å²) in [5.41, 5.74) is 8.39. The number of thiazole rings is 1. The van der Waals surface area contributed by atoms with E-state index in [2.05, 4.69) is 20.9 Å². The van der Waals surface area contributed by atoms with Gasteiger partial charge >= 0.3 is 0 Å². The summed E-state index contributed by atoms with van der Waals surface area (Å²) in [6, 6.07) is 3.72. The molecular formula is C13H14BrN3S. The van der Waals surface area contributed by atoms with Gasteiger partial charge in [0.05, 0.1) is 17.4 Å². The van der Waals surface area contributed by atoms with Gasteiger partial charge in [0, 0.05) is 15.5 Å². The minimum absolute atomic E-state index is 0.200. The van der Waals surface area contributed by atoms with Gasteiger partial charge in [-0.1, -0.05) is 0 Å². The average molecular weight is 324 g/mol. The van der Waals surface area contributed by atoms with E-state index in [4.69, 9.17) is 10.7 Å².